The van der Waals surface area contributed by atoms with Crippen molar-refractivity contribution < 1.29 is 14.3 Å². The molecule has 8 heteroatoms. The van der Waals surface area contributed by atoms with E-state index in [0.29, 0.717) is 39.0 Å². The van der Waals surface area contributed by atoms with E-state index < -0.39 is 5.60 Å². The van der Waals surface area contributed by atoms with Gasteiger partial charge < -0.3 is 14.4 Å². The molecule has 118 valence electrons. The Hall–Kier alpha value is -0.360. The molecule has 1 amide bonds. The summed E-state index contributed by atoms with van der Waals surface area (Å²) < 4.78 is 11.5. The number of rotatable bonds is 2. The zero-order valence-electron chi connectivity index (χ0n) is 11.9. The Morgan fingerprint density at radius 1 is 1.29 bits per heavy atom. The molecule has 1 atom stereocenters. The minimum Gasteiger partial charge on any atom is -0.477 e. The number of likely N-dealkylation sites (tertiary alicyclic amines) is 1. The van der Waals surface area contributed by atoms with E-state index in [9.17, 15) is 4.79 Å². The van der Waals surface area contributed by atoms with Crippen molar-refractivity contribution >= 4 is 52.2 Å². The van der Waals surface area contributed by atoms with Crippen LogP contribution < -0.4 is 4.74 Å². The molecular formula is C13H16Cl3NO3S. The zero-order chi connectivity index (χ0) is 15.8. The van der Waals surface area contributed by atoms with Crippen molar-refractivity contribution in [2.75, 3.05) is 13.1 Å². The van der Waals surface area contributed by atoms with Crippen molar-refractivity contribution in [3.8, 4) is 5.06 Å². The second-order valence-electron chi connectivity index (χ2n) is 5.75. The fraction of sp³-hybridized carbons (Fsp3) is 0.615. The molecule has 2 rings (SSSR count). The molecule has 21 heavy (non-hydrogen) atoms. The molecule has 2 heterocycles. The molecule has 0 aliphatic carbocycles. The fourth-order valence-corrected chi connectivity index (χ4v) is 3.54. The first-order chi connectivity index (χ1) is 9.67. The summed E-state index contributed by atoms with van der Waals surface area (Å²) in [5.74, 6) is 0. The van der Waals surface area contributed by atoms with Gasteiger partial charge in [0.25, 0.3) is 0 Å². The van der Waals surface area contributed by atoms with Crippen LogP contribution in [-0.2, 0) is 4.74 Å². The van der Waals surface area contributed by atoms with Gasteiger partial charge >= 0.3 is 6.09 Å². The van der Waals surface area contributed by atoms with Crippen LogP contribution >= 0.6 is 46.1 Å². The van der Waals surface area contributed by atoms with Crippen molar-refractivity contribution in [1.82, 2.24) is 4.90 Å². The van der Waals surface area contributed by atoms with Crippen molar-refractivity contribution in [1.29, 1.82) is 0 Å². The van der Waals surface area contributed by atoms with Crippen molar-refractivity contribution in [3.05, 3.63) is 14.4 Å². The molecule has 1 aromatic heterocycles. The summed E-state index contributed by atoms with van der Waals surface area (Å²) >= 11 is 19.1. The molecule has 1 aliphatic rings. The average Bonchev–Trinajstić information content (AvgIpc) is 2.90. The van der Waals surface area contributed by atoms with Gasteiger partial charge in [-0.25, -0.2) is 4.79 Å². The van der Waals surface area contributed by atoms with Crippen molar-refractivity contribution in [2.24, 2.45) is 0 Å². The first-order valence-electron chi connectivity index (χ1n) is 6.45. The van der Waals surface area contributed by atoms with Crippen LogP contribution in [-0.4, -0.2) is 35.8 Å². The lowest BCUT2D eigenvalue weighted by atomic mass is 10.2. The van der Waals surface area contributed by atoms with E-state index in [0.717, 1.165) is 0 Å². The van der Waals surface area contributed by atoms with Crippen LogP contribution in [0.25, 0.3) is 0 Å². The van der Waals surface area contributed by atoms with E-state index >= 15 is 0 Å². The van der Waals surface area contributed by atoms with E-state index in [1.165, 1.54) is 11.3 Å². The number of amides is 1. The van der Waals surface area contributed by atoms with Crippen LogP contribution in [0.5, 0.6) is 5.06 Å². The molecule has 0 aromatic carbocycles. The van der Waals surface area contributed by atoms with Crippen molar-refractivity contribution in [3.63, 3.8) is 0 Å². The third kappa shape index (κ3) is 4.31. The lowest BCUT2D eigenvalue weighted by Crippen LogP contribution is -2.36. The Morgan fingerprint density at radius 2 is 1.95 bits per heavy atom. The summed E-state index contributed by atoms with van der Waals surface area (Å²) in [5, 5.41) is 1.12. The van der Waals surface area contributed by atoms with Gasteiger partial charge in [0.2, 0.25) is 0 Å². The summed E-state index contributed by atoms with van der Waals surface area (Å²) in [6, 6.07) is 0. The molecule has 0 saturated carbocycles. The maximum absolute atomic E-state index is 12.0. The molecule has 0 spiro atoms. The van der Waals surface area contributed by atoms with Gasteiger partial charge in [-0.3, -0.25) is 0 Å². The average molecular weight is 373 g/mol. The molecule has 4 nitrogen and oxygen atoms in total. The quantitative estimate of drug-likeness (QED) is 0.725. The topological polar surface area (TPSA) is 38.8 Å². The summed E-state index contributed by atoms with van der Waals surface area (Å²) in [7, 11) is 0. The monoisotopic (exact) mass is 371 g/mol. The van der Waals surface area contributed by atoms with E-state index in [2.05, 4.69) is 0 Å². The van der Waals surface area contributed by atoms with Crippen LogP contribution in [0.1, 0.15) is 27.2 Å². The third-order valence-corrected chi connectivity index (χ3v) is 5.24. The molecule has 1 unspecified atom stereocenters. The molecule has 1 fully saturated rings. The van der Waals surface area contributed by atoms with Gasteiger partial charge in [-0.2, -0.15) is 0 Å². The number of carbonyl (C=O) groups is 1. The summed E-state index contributed by atoms with van der Waals surface area (Å²) in [4.78, 5) is 13.6. The van der Waals surface area contributed by atoms with Crippen LogP contribution in [0.4, 0.5) is 4.79 Å². The molecular weight excluding hydrogens is 357 g/mol. The molecule has 0 bridgehead atoms. The second kappa shape index (κ2) is 6.41. The Kier molecular flexibility index (Phi) is 5.19. The van der Waals surface area contributed by atoms with E-state index in [4.69, 9.17) is 44.3 Å². The number of hydrogen-bond donors (Lipinski definition) is 0. The van der Waals surface area contributed by atoms with Gasteiger partial charge in [-0.05, 0) is 20.8 Å². The summed E-state index contributed by atoms with van der Waals surface area (Å²) in [6.45, 7) is 6.56. The van der Waals surface area contributed by atoms with Crippen LogP contribution in [0, 0.1) is 0 Å². The summed E-state index contributed by atoms with van der Waals surface area (Å²) in [6.07, 6.45) is 0.241. The standard InChI is InChI=1S/C13H16Cl3NO3S/c1-13(2,3)20-12(18)17-5-4-7(6-17)19-11-9(15)8(14)10(16)21-11/h7H,4-6H2,1-3H3. The Balaban J connectivity index is 1.93. The first-order valence-corrected chi connectivity index (χ1v) is 8.40. The Bertz CT molecular complexity index is 541. The van der Waals surface area contributed by atoms with Crippen LogP contribution in [0.2, 0.25) is 14.4 Å². The van der Waals surface area contributed by atoms with Gasteiger partial charge in [0.1, 0.15) is 21.1 Å². The molecule has 1 aliphatic heterocycles. The molecule has 1 aromatic rings. The predicted molar refractivity (Wildman–Crippen MR) is 86.2 cm³/mol. The van der Waals surface area contributed by atoms with Gasteiger partial charge in [0.05, 0.1) is 11.6 Å². The molecule has 0 radical (unpaired) electrons. The van der Waals surface area contributed by atoms with E-state index in [1.54, 1.807) is 4.90 Å². The zero-order valence-corrected chi connectivity index (χ0v) is 15.0. The smallest absolute Gasteiger partial charge is 0.410 e. The normalized spacial score (nSPS) is 19.0. The number of thiophene rings is 1. The number of hydrogen-bond acceptors (Lipinski definition) is 4. The minimum absolute atomic E-state index is 0.138. The van der Waals surface area contributed by atoms with E-state index in [1.807, 2.05) is 20.8 Å². The Labute approximate surface area is 142 Å². The lowest BCUT2D eigenvalue weighted by Gasteiger charge is -2.24. The number of carbonyl (C=O) groups excluding carboxylic acids is 1. The first kappa shape index (κ1) is 17.0. The SMILES string of the molecule is CC(C)(C)OC(=O)N1CCC(Oc2sc(Cl)c(Cl)c2Cl)C1. The highest BCUT2D eigenvalue weighted by Gasteiger charge is 2.31. The van der Waals surface area contributed by atoms with E-state index in [-0.39, 0.29) is 12.2 Å². The molecule has 0 N–H and O–H groups in total. The van der Waals surface area contributed by atoms with Gasteiger partial charge in [0, 0.05) is 13.0 Å². The second-order valence-corrected chi connectivity index (χ2v) is 8.09. The van der Waals surface area contributed by atoms with Crippen molar-refractivity contribution in [2.45, 2.75) is 38.9 Å². The summed E-state index contributed by atoms with van der Waals surface area (Å²) in [5.41, 5.74) is -0.506. The van der Waals surface area contributed by atoms with Gasteiger partial charge in [-0.1, -0.05) is 46.1 Å². The lowest BCUT2D eigenvalue weighted by molar-refractivity contribution is 0.0276. The Morgan fingerprint density at radius 3 is 2.48 bits per heavy atom. The van der Waals surface area contributed by atoms with Gasteiger partial charge in [0.15, 0.2) is 5.06 Å². The minimum atomic E-state index is -0.506. The highest BCUT2D eigenvalue weighted by molar-refractivity contribution is 7.19. The maximum Gasteiger partial charge on any atom is 0.410 e. The maximum atomic E-state index is 12.0. The number of ether oxygens (including phenoxy) is 2. The van der Waals surface area contributed by atoms with Gasteiger partial charge in [-0.15, -0.1) is 0 Å². The van der Waals surface area contributed by atoms with Crippen LogP contribution in [0.3, 0.4) is 0 Å². The number of halogens is 3. The number of nitrogens with zero attached hydrogens (tertiary/aromatic N) is 1. The third-order valence-electron chi connectivity index (χ3n) is 2.80. The predicted octanol–water partition coefficient (Wildman–Crippen LogP) is 5.10. The molecule has 1 saturated heterocycles. The highest BCUT2D eigenvalue weighted by atomic mass is 35.5. The largest absolute Gasteiger partial charge is 0.477 e. The highest BCUT2D eigenvalue weighted by Crippen LogP contribution is 2.46. The fourth-order valence-electron chi connectivity index (χ4n) is 1.89. The van der Waals surface area contributed by atoms with Crippen LogP contribution in [0.15, 0.2) is 0 Å².